The molecule has 2 fully saturated rings. The van der Waals surface area contributed by atoms with E-state index in [0.717, 1.165) is 5.56 Å². The summed E-state index contributed by atoms with van der Waals surface area (Å²) in [6.07, 6.45) is 0.501. The molecule has 1 aromatic rings. The molecule has 2 aliphatic rings. The summed E-state index contributed by atoms with van der Waals surface area (Å²) in [4.78, 5) is 40.6. The predicted octanol–water partition coefficient (Wildman–Crippen LogP) is 0.496. The summed E-state index contributed by atoms with van der Waals surface area (Å²) in [5.41, 5.74) is 0.938. The summed E-state index contributed by atoms with van der Waals surface area (Å²) in [6, 6.07) is 9.08. The highest BCUT2D eigenvalue weighted by Crippen LogP contribution is 2.23. The van der Waals surface area contributed by atoms with Crippen LogP contribution in [0.3, 0.4) is 0 Å². The Morgan fingerprint density at radius 2 is 1.89 bits per heavy atom. The molecule has 3 amide bonds. The van der Waals surface area contributed by atoms with Gasteiger partial charge in [0.15, 0.2) is 0 Å². The van der Waals surface area contributed by atoms with Crippen molar-refractivity contribution >= 4 is 29.5 Å². The molecule has 146 valence electrons. The molecule has 1 N–H and O–H groups in total. The fourth-order valence-electron chi connectivity index (χ4n) is 3.18. The third kappa shape index (κ3) is 5.46. The average Bonchev–Trinajstić information content (AvgIpc) is 3.18. The van der Waals surface area contributed by atoms with Gasteiger partial charge in [-0.05, 0) is 5.56 Å². The highest BCUT2D eigenvalue weighted by molar-refractivity contribution is 7.99. The highest BCUT2D eigenvalue weighted by atomic mass is 32.2. The van der Waals surface area contributed by atoms with E-state index in [1.54, 1.807) is 21.6 Å². The number of carbonyl (C=O) groups excluding carboxylic acids is 3. The second-order valence-electron chi connectivity index (χ2n) is 6.58. The van der Waals surface area contributed by atoms with Gasteiger partial charge in [-0.15, -0.1) is 11.8 Å². The Bertz CT molecular complexity index is 664. The first-order chi connectivity index (χ1) is 13.1. The minimum absolute atomic E-state index is 0.00441. The van der Waals surface area contributed by atoms with Crippen LogP contribution in [0.5, 0.6) is 0 Å². The lowest BCUT2D eigenvalue weighted by atomic mass is 10.1. The van der Waals surface area contributed by atoms with E-state index in [0.29, 0.717) is 44.4 Å². The van der Waals surface area contributed by atoms with E-state index in [1.807, 2.05) is 30.3 Å². The standard InChI is InChI=1S/C19H25N3O4S/c23-17(12-15-4-2-1-3-5-15)20-7-6-18(24)22-14-27-13-16(22)19(25)21-8-10-26-11-9-21/h1-5,16H,6-14H2,(H,20,23)/t16-/m1/s1. The number of ether oxygens (including phenoxy) is 1. The van der Waals surface area contributed by atoms with E-state index in [-0.39, 0.29) is 30.7 Å². The van der Waals surface area contributed by atoms with Crippen molar-refractivity contribution in [2.75, 3.05) is 44.5 Å². The van der Waals surface area contributed by atoms with Crippen LogP contribution in [-0.2, 0) is 25.5 Å². The predicted molar refractivity (Wildman–Crippen MR) is 103 cm³/mol. The van der Waals surface area contributed by atoms with Crippen LogP contribution in [0.25, 0.3) is 0 Å². The van der Waals surface area contributed by atoms with E-state index in [4.69, 9.17) is 4.74 Å². The van der Waals surface area contributed by atoms with Gasteiger partial charge in [0.1, 0.15) is 6.04 Å². The molecule has 8 heteroatoms. The number of nitrogens with one attached hydrogen (secondary N) is 1. The molecule has 2 aliphatic heterocycles. The van der Waals surface area contributed by atoms with Crippen molar-refractivity contribution < 1.29 is 19.1 Å². The van der Waals surface area contributed by atoms with E-state index in [2.05, 4.69) is 5.32 Å². The van der Waals surface area contributed by atoms with Gasteiger partial charge in [-0.1, -0.05) is 30.3 Å². The number of amides is 3. The Hall–Kier alpha value is -2.06. The second kappa shape index (κ2) is 9.75. The number of morpholine rings is 1. The number of hydrogen-bond donors (Lipinski definition) is 1. The Kier molecular flexibility index (Phi) is 7.11. The quantitative estimate of drug-likeness (QED) is 0.764. The fraction of sp³-hybridized carbons (Fsp3) is 0.526. The van der Waals surface area contributed by atoms with Crippen LogP contribution >= 0.6 is 11.8 Å². The number of benzene rings is 1. The van der Waals surface area contributed by atoms with Crippen molar-refractivity contribution in [3.8, 4) is 0 Å². The largest absolute Gasteiger partial charge is 0.378 e. The van der Waals surface area contributed by atoms with Gasteiger partial charge in [0, 0.05) is 31.8 Å². The molecule has 0 aliphatic carbocycles. The molecule has 0 aromatic heterocycles. The second-order valence-corrected chi connectivity index (χ2v) is 7.58. The maximum Gasteiger partial charge on any atom is 0.246 e. The molecule has 0 saturated carbocycles. The SMILES string of the molecule is O=C(Cc1ccccc1)NCCC(=O)N1CSC[C@@H]1C(=O)N1CCOCC1. The molecule has 3 rings (SSSR count). The topological polar surface area (TPSA) is 79.0 Å². The smallest absolute Gasteiger partial charge is 0.246 e. The summed E-state index contributed by atoms with van der Waals surface area (Å²) in [5, 5.41) is 2.79. The van der Waals surface area contributed by atoms with Gasteiger partial charge in [0.05, 0.1) is 25.5 Å². The zero-order chi connectivity index (χ0) is 19.1. The Balaban J connectivity index is 1.44. The van der Waals surface area contributed by atoms with Crippen molar-refractivity contribution in [2.24, 2.45) is 0 Å². The first-order valence-corrected chi connectivity index (χ1v) is 10.3. The minimum Gasteiger partial charge on any atom is -0.378 e. The fourth-order valence-corrected chi connectivity index (χ4v) is 4.36. The van der Waals surface area contributed by atoms with Crippen molar-refractivity contribution in [3.63, 3.8) is 0 Å². The first kappa shape index (κ1) is 19.7. The lowest BCUT2D eigenvalue weighted by Crippen LogP contribution is -2.52. The zero-order valence-corrected chi connectivity index (χ0v) is 16.1. The van der Waals surface area contributed by atoms with E-state index in [9.17, 15) is 14.4 Å². The number of hydrogen-bond acceptors (Lipinski definition) is 5. The van der Waals surface area contributed by atoms with Crippen LogP contribution in [0, 0.1) is 0 Å². The first-order valence-electron chi connectivity index (χ1n) is 9.19. The number of thioether (sulfide) groups is 1. The van der Waals surface area contributed by atoms with Gasteiger partial charge < -0.3 is 19.9 Å². The van der Waals surface area contributed by atoms with Crippen LogP contribution in [0.15, 0.2) is 30.3 Å². The van der Waals surface area contributed by atoms with Crippen LogP contribution in [-0.4, -0.2) is 78.0 Å². The van der Waals surface area contributed by atoms with Gasteiger partial charge in [0.2, 0.25) is 17.7 Å². The molecule has 2 saturated heterocycles. The maximum atomic E-state index is 12.7. The molecular weight excluding hydrogens is 366 g/mol. The highest BCUT2D eigenvalue weighted by Gasteiger charge is 2.37. The van der Waals surface area contributed by atoms with Crippen molar-refractivity contribution in [1.82, 2.24) is 15.1 Å². The molecule has 1 aromatic carbocycles. The Morgan fingerprint density at radius 3 is 2.63 bits per heavy atom. The third-order valence-electron chi connectivity index (χ3n) is 4.68. The molecule has 0 spiro atoms. The average molecular weight is 391 g/mol. The van der Waals surface area contributed by atoms with Crippen molar-refractivity contribution in [3.05, 3.63) is 35.9 Å². The van der Waals surface area contributed by atoms with E-state index in [1.165, 1.54) is 0 Å². The molecule has 0 unspecified atom stereocenters. The van der Waals surface area contributed by atoms with Crippen LogP contribution in [0.4, 0.5) is 0 Å². The number of carbonyl (C=O) groups is 3. The van der Waals surface area contributed by atoms with Crippen LogP contribution < -0.4 is 5.32 Å². The Morgan fingerprint density at radius 1 is 1.15 bits per heavy atom. The molecular formula is C19H25N3O4S. The monoisotopic (exact) mass is 391 g/mol. The molecule has 2 heterocycles. The third-order valence-corrected chi connectivity index (χ3v) is 5.69. The van der Waals surface area contributed by atoms with Crippen LogP contribution in [0.2, 0.25) is 0 Å². The van der Waals surface area contributed by atoms with E-state index < -0.39 is 6.04 Å². The molecule has 0 bridgehead atoms. The van der Waals surface area contributed by atoms with Crippen molar-refractivity contribution in [1.29, 1.82) is 0 Å². The molecule has 7 nitrogen and oxygen atoms in total. The summed E-state index contributed by atoms with van der Waals surface area (Å²) >= 11 is 1.59. The van der Waals surface area contributed by atoms with Gasteiger partial charge in [-0.2, -0.15) is 0 Å². The van der Waals surface area contributed by atoms with Crippen LogP contribution in [0.1, 0.15) is 12.0 Å². The normalized spacial score (nSPS) is 19.8. The number of rotatable bonds is 6. The van der Waals surface area contributed by atoms with Gasteiger partial charge in [-0.25, -0.2) is 0 Å². The molecule has 0 radical (unpaired) electrons. The molecule has 27 heavy (non-hydrogen) atoms. The maximum absolute atomic E-state index is 12.7. The summed E-state index contributed by atoms with van der Waals surface area (Å²) in [7, 11) is 0. The van der Waals surface area contributed by atoms with Gasteiger partial charge in [-0.3, -0.25) is 14.4 Å². The molecule has 1 atom stereocenters. The zero-order valence-electron chi connectivity index (χ0n) is 15.3. The minimum atomic E-state index is -0.402. The lowest BCUT2D eigenvalue weighted by molar-refractivity contribution is -0.146. The van der Waals surface area contributed by atoms with Crippen molar-refractivity contribution in [2.45, 2.75) is 18.9 Å². The Labute approximate surface area is 163 Å². The van der Waals surface area contributed by atoms with E-state index >= 15 is 0 Å². The summed E-state index contributed by atoms with van der Waals surface area (Å²) < 4.78 is 5.29. The summed E-state index contributed by atoms with van der Waals surface area (Å²) in [5.74, 6) is 0.960. The summed E-state index contributed by atoms with van der Waals surface area (Å²) in [6.45, 7) is 2.54. The van der Waals surface area contributed by atoms with Gasteiger partial charge in [0.25, 0.3) is 0 Å². The number of nitrogens with zero attached hydrogens (tertiary/aromatic N) is 2. The lowest BCUT2D eigenvalue weighted by Gasteiger charge is -2.32. The van der Waals surface area contributed by atoms with Gasteiger partial charge >= 0.3 is 0 Å².